The lowest BCUT2D eigenvalue weighted by Gasteiger charge is -2.07. The number of hydrogen-bond donors (Lipinski definition) is 0. The van der Waals surface area contributed by atoms with Gasteiger partial charge in [-0.3, -0.25) is 9.59 Å². The fourth-order valence-electron chi connectivity index (χ4n) is 3.30. The van der Waals surface area contributed by atoms with Crippen LogP contribution in [-0.2, 0) is 16.1 Å². The zero-order chi connectivity index (χ0) is 20.5. The molecule has 1 heterocycles. The summed E-state index contributed by atoms with van der Waals surface area (Å²) in [4.78, 5) is 29.8. The Kier molecular flexibility index (Phi) is 5.22. The molecule has 1 amide bonds. The SMILES string of the molecule is COC(=O)Cn1c(=NC(=O)c2cccc3ccccc23)sc2ccc(Cl)c(C)c21. The normalized spacial score (nSPS) is 11.9. The van der Waals surface area contributed by atoms with Gasteiger partial charge in [0, 0.05) is 10.6 Å². The molecule has 5 nitrogen and oxygen atoms in total. The van der Waals surface area contributed by atoms with Gasteiger partial charge < -0.3 is 9.30 Å². The Balaban J connectivity index is 1.93. The van der Waals surface area contributed by atoms with Gasteiger partial charge in [0.1, 0.15) is 6.54 Å². The van der Waals surface area contributed by atoms with Crippen molar-refractivity contribution in [3.05, 3.63) is 75.5 Å². The standard InChI is InChI=1S/C22H17ClN2O3S/c1-13-17(23)10-11-18-20(13)25(12-19(26)28-2)22(29-18)24-21(27)16-9-5-7-14-6-3-4-8-15(14)16/h3-11H,12H2,1-2H3. The van der Waals surface area contributed by atoms with Crippen molar-refractivity contribution in [2.45, 2.75) is 13.5 Å². The first-order chi connectivity index (χ1) is 14.0. The summed E-state index contributed by atoms with van der Waals surface area (Å²) in [5.41, 5.74) is 2.11. The predicted octanol–water partition coefficient (Wildman–Crippen LogP) is 4.73. The predicted molar refractivity (Wildman–Crippen MR) is 115 cm³/mol. The second kappa shape index (κ2) is 7.81. The first-order valence-electron chi connectivity index (χ1n) is 8.91. The minimum absolute atomic E-state index is 0.0562. The molecule has 0 saturated heterocycles. The van der Waals surface area contributed by atoms with E-state index in [0.717, 1.165) is 26.6 Å². The van der Waals surface area contributed by atoms with Gasteiger partial charge in [0.2, 0.25) is 0 Å². The van der Waals surface area contributed by atoms with Crippen molar-refractivity contribution in [1.29, 1.82) is 0 Å². The van der Waals surface area contributed by atoms with E-state index in [9.17, 15) is 9.59 Å². The van der Waals surface area contributed by atoms with E-state index in [1.54, 1.807) is 16.7 Å². The molecule has 1 aromatic heterocycles. The van der Waals surface area contributed by atoms with Gasteiger partial charge in [-0.1, -0.05) is 59.3 Å². The van der Waals surface area contributed by atoms with Crippen LogP contribution in [0.1, 0.15) is 15.9 Å². The number of benzene rings is 3. The highest BCUT2D eigenvalue weighted by Crippen LogP contribution is 2.27. The number of hydrogen-bond acceptors (Lipinski definition) is 4. The number of aryl methyl sites for hydroxylation is 1. The Morgan fingerprint density at radius 2 is 1.86 bits per heavy atom. The number of esters is 1. The van der Waals surface area contributed by atoms with E-state index in [1.807, 2.05) is 49.4 Å². The van der Waals surface area contributed by atoms with Crippen molar-refractivity contribution in [3.63, 3.8) is 0 Å². The molecule has 0 bridgehead atoms. The van der Waals surface area contributed by atoms with Crippen LogP contribution in [0.3, 0.4) is 0 Å². The van der Waals surface area contributed by atoms with E-state index < -0.39 is 5.97 Å². The van der Waals surface area contributed by atoms with Gasteiger partial charge >= 0.3 is 5.97 Å². The molecule has 0 radical (unpaired) electrons. The van der Waals surface area contributed by atoms with Gasteiger partial charge in [-0.2, -0.15) is 4.99 Å². The molecule has 0 aliphatic rings. The second-order valence-electron chi connectivity index (χ2n) is 6.51. The number of carbonyl (C=O) groups is 2. The first-order valence-corrected chi connectivity index (χ1v) is 10.1. The number of aromatic nitrogens is 1. The zero-order valence-corrected chi connectivity index (χ0v) is 17.4. The van der Waals surface area contributed by atoms with Crippen LogP contribution in [0.2, 0.25) is 5.02 Å². The summed E-state index contributed by atoms with van der Waals surface area (Å²) >= 11 is 7.62. The third-order valence-corrected chi connectivity index (χ3v) is 6.22. The van der Waals surface area contributed by atoms with Gasteiger partial charge in [0.25, 0.3) is 5.91 Å². The van der Waals surface area contributed by atoms with Gasteiger partial charge in [-0.15, -0.1) is 0 Å². The molecule has 0 atom stereocenters. The number of rotatable bonds is 3. The number of carbonyl (C=O) groups excluding carboxylic acids is 2. The van der Waals surface area contributed by atoms with Crippen LogP contribution in [0.4, 0.5) is 0 Å². The minimum atomic E-state index is -0.428. The largest absolute Gasteiger partial charge is 0.468 e. The highest BCUT2D eigenvalue weighted by atomic mass is 35.5. The highest BCUT2D eigenvalue weighted by molar-refractivity contribution is 7.16. The summed E-state index contributed by atoms with van der Waals surface area (Å²) in [7, 11) is 1.33. The molecule has 0 aliphatic carbocycles. The molecule has 0 aliphatic heterocycles. The molecular weight excluding hydrogens is 408 g/mol. The molecule has 0 fully saturated rings. The average Bonchev–Trinajstić information content (AvgIpc) is 3.07. The van der Waals surface area contributed by atoms with E-state index in [0.29, 0.717) is 15.4 Å². The number of thiazole rings is 1. The molecule has 4 rings (SSSR count). The molecule has 0 saturated carbocycles. The number of halogens is 1. The Morgan fingerprint density at radius 3 is 2.66 bits per heavy atom. The molecule has 0 spiro atoms. The Bertz CT molecular complexity index is 1330. The van der Waals surface area contributed by atoms with Crippen molar-refractivity contribution in [2.75, 3.05) is 7.11 Å². The minimum Gasteiger partial charge on any atom is -0.468 e. The number of nitrogens with zero attached hydrogens (tertiary/aromatic N) is 2. The Morgan fingerprint density at radius 1 is 1.10 bits per heavy atom. The quantitative estimate of drug-likeness (QED) is 0.446. The summed E-state index contributed by atoms with van der Waals surface area (Å²) in [6, 6.07) is 16.9. The van der Waals surface area contributed by atoms with E-state index >= 15 is 0 Å². The van der Waals surface area contributed by atoms with Crippen molar-refractivity contribution < 1.29 is 14.3 Å². The third-order valence-electron chi connectivity index (χ3n) is 4.76. The molecule has 146 valence electrons. The van der Waals surface area contributed by atoms with Gasteiger partial charge in [0.15, 0.2) is 4.80 Å². The maximum absolute atomic E-state index is 13.0. The van der Waals surface area contributed by atoms with Crippen LogP contribution in [0.25, 0.3) is 21.0 Å². The summed E-state index contributed by atoms with van der Waals surface area (Å²) in [5.74, 6) is -0.793. The van der Waals surface area contributed by atoms with Crippen molar-refractivity contribution >= 4 is 55.8 Å². The zero-order valence-electron chi connectivity index (χ0n) is 15.8. The fraction of sp³-hybridized carbons (Fsp3) is 0.136. The Labute approximate surface area is 175 Å². The van der Waals surface area contributed by atoms with Crippen molar-refractivity contribution in [1.82, 2.24) is 4.57 Å². The van der Waals surface area contributed by atoms with Crippen LogP contribution in [0, 0.1) is 6.92 Å². The van der Waals surface area contributed by atoms with Crippen molar-refractivity contribution in [3.8, 4) is 0 Å². The van der Waals surface area contributed by atoms with Gasteiger partial charge in [0.05, 0.1) is 17.3 Å². The van der Waals surface area contributed by atoms with E-state index in [-0.39, 0.29) is 12.5 Å². The third kappa shape index (κ3) is 3.57. The number of methoxy groups -OCH3 is 1. The summed E-state index contributed by atoms with van der Waals surface area (Å²) < 4.78 is 7.41. The van der Waals surface area contributed by atoms with Crippen LogP contribution >= 0.6 is 22.9 Å². The number of ether oxygens (including phenoxy) is 1. The molecule has 4 aromatic rings. The maximum atomic E-state index is 13.0. The Hall–Kier alpha value is -2.96. The summed E-state index contributed by atoms with van der Waals surface area (Å²) in [5, 5.41) is 2.39. The topological polar surface area (TPSA) is 60.7 Å². The lowest BCUT2D eigenvalue weighted by Crippen LogP contribution is -2.22. The first kappa shape index (κ1) is 19.4. The molecular formula is C22H17ClN2O3S. The van der Waals surface area contributed by atoms with E-state index in [4.69, 9.17) is 16.3 Å². The van der Waals surface area contributed by atoms with Crippen LogP contribution in [0.5, 0.6) is 0 Å². The van der Waals surface area contributed by atoms with Gasteiger partial charge in [-0.25, -0.2) is 0 Å². The highest BCUT2D eigenvalue weighted by Gasteiger charge is 2.16. The molecule has 7 heteroatoms. The van der Waals surface area contributed by atoms with E-state index in [1.165, 1.54) is 18.4 Å². The smallest absolute Gasteiger partial charge is 0.325 e. The van der Waals surface area contributed by atoms with Gasteiger partial charge in [-0.05, 0) is 41.5 Å². The second-order valence-corrected chi connectivity index (χ2v) is 7.93. The fourth-order valence-corrected chi connectivity index (χ4v) is 4.54. The van der Waals surface area contributed by atoms with Crippen molar-refractivity contribution in [2.24, 2.45) is 4.99 Å². The number of amides is 1. The lowest BCUT2D eigenvalue weighted by atomic mass is 10.0. The number of fused-ring (bicyclic) bond motifs is 2. The van der Waals surface area contributed by atoms with Crippen LogP contribution in [-0.4, -0.2) is 23.6 Å². The molecule has 3 aromatic carbocycles. The summed E-state index contributed by atoms with van der Waals surface area (Å²) in [6.45, 7) is 1.82. The van der Waals surface area contributed by atoms with Crippen LogP contribution < -0.4 is 4.80 Å². The van der Waals surface area contributed by atoms with Crippen LogP contribution in [0.15, 0.2) is 59.6 Å². The molecule has 0 N–H and O–H groups in total. The van der Waals surface area contributed by atoms with E-state index in [2.05, 4.69) is 4.99 Å². The average molecular weight is 425 g/mol. The molecule has 0 unspecified atom stereocenters. The monoisotopic (exact) mass is 424 g/mol. The lowest BCUT2D eigenvalue weighted by molar-refractivity contribution is -0.141. The summed E-state index contributed by atoms with van der Waals surface area (Å²) in [6.07, 6.45) is 0. The molecule has 29 heavy (non-hydrogen) atoms. The maximum Gasteiger partial charge on any atom is 0.325 e.